The van der Waals surface area contributed by atoms with Gasteiger partial charge in [0.25, 0.3) is 16.1 Å². The van der Waals surface area contributed by atoms with Gasteiger partial charge in [-0.1, -0.05) is 0 Å². The summed E-state index contributed by atoms with van der Waals surface area (Å²) in [7, 11) is -3.40. The Hall–Kier alpha value is -2.62. The maximum atomic E-state index is 14.4. The molecular formula is C35H54ClFN8O4S. The fourth-order valence-corrected chi connectivity index (χ4v) is 9.77. The third-order valence-corrected chi connectivity index (χ3v) is 12.9. The molecule has 4 fully saturated rings. The molecule has 6 rings (SSSR count). The van der Waals surface area contributed by atoms with E-state index in [2.05, 4.69) is 19.8 Å². The first-order valence-corrected chi connectivity index (χ1v) is 19.3. The Morgan fingerprint density at radius 3 is 2.18 bits per heavy atom. The van der Waals surface area contributed by atoms with Gasteiger partial charge in [-0.2, -0.15) is 17.0 Å². The quantitative estimate of drug-likeness (QED) is 0.378. The van der Waals surface area contributed by atoms with Gasteiger partial charge in [-0.05, 0) is 103 Å². The molecular weight excluding hydrogens is 683 g/mol. The fourth-order valence-electron chi connectivity index (χ4n) is 8.10. The average molecular weight is 737 g/mol. The van der Waals surface area contributed by atoms with Crippen LogP contribution in [0.3, 0.4) is 0 Å². The summed E-state index contributed by atoms with van der Waals surface area (Å²) >= 11 is 0. The first kappa shape index (κ1) is 38.6. The topological polar surface area (TPSA) is 128 Å². The van der Waals surface area contributed by atoms with Crippen LogP contribution >= 0.6 is 12.4 Å². The summed E-state index contributed by atoms with van der Waals surface area (Å²) in [5, 5.41) is 0. The van der Waals surface area contributed by atoms with Crippen LogP contribution in [0.4, 0.5) is 10.2 Å². The maximum absolute atomic E-state index is 14.4. The highest BCUT2D eigenvalue weighted by Crippen LogP contribution is 2.45. The van der Waals surface area contributed by atoms with Gasteiger partial charge in [-0.15, -0.1) is 12.4 Å². The number of amides is 1. The molecule has 0 aliphatic carbocycles. The largest absolute Gasteiger partial charge is 0.451 e. The number of benzene rings is 1. The van der Waals surface area contributed by atoms with Crippen LogP contribution in [0.1, 0.15) is 76.6 Å². The molecule has 12 nitrogen and oxygen atoms in total. The van der Waals surface area contributed by atoms with Gasteiger partial charge in [0.05, 0.1) is 11.8 Å². The van der Waals surface area contributed by atoms with E-state index in [0.29, 0.717) is 43.7 Å². The van der Waals surface area contributed by atoms with Crippen LogP contribution in [0.15, 0.2) is 30.7 Å². The van der Waals surface area contributed by atoms with Gasteiger partial charge in [-0.3, -0.25) is 4.79 Å². The van der Waals surface area contributed by atoms with Crippen LogP contribution in [0.5, 0.6) is 11.5 Å². The molecule has 0 atom stereocenters. The van der Waals surface area contributed by atoms with E-state index in [1.165, 1.54) is 24.5 Å². The number of anilines is 1. The zero-order valence-electron chi connectivity index (χ0n) is 29.8. The Morgan fingerprint density at radius 2 is 1.58 bits per heavy atom. The summed E-state index contributed by atoms with van der Waals surface area (Å²) in [5.74, 6) is 1.10. The first-order valence-electron chi connectivity index (χ1n) is 17.9. The van der Waals surface area contributed by atoms with Crippen LogP contribution in [-0.2, 0) is 10.2 Å². The standard InChI is InChI=1S/C35H53FN8O4S.ClH/c1-25(2)44(26(3)4)34(45)30-19-28(36)5-6-31(30)48-32-20-38-24-39-33(32)41-22-35(23-41)11-17-40(18-12-35)21-27-7-13-42(14-8-27)49(46,47)43-15-9-29(37)10-16-43;/h5-6,19-20,24-27,29H,7-18,21-23,37H2,1-4H3;1H. The molecule has 2 N–H and O–H groups in total. The second-order valence-electron chi connectivity index (χ2n) is 15.1. The monoisotopic (exact) mass is 736 g/mol. The molecule has 5 heterocycles. The number of nitrogens with two attached hydrogens (primary N) is 1. The van der Waals surface area contributed by atoms with E-state index in [9.17, 15) is 17.6 Å². The number of nitrogens with zero attached hydrogens (tertiary/aromatic N) is 7. The van der Waals surface area contributed by atoms with Gasteiger partial charge in [0, 0.05) is 69.4 Å². The number of hydrogen-bond donors (Lipinski definition) is 1. The van der Waals surface area contributed by atoms with Crippen molar-refractivity contribution in [2.24, 2.45) is 17.1 Å². The Bertz CT molecular complexity index is 1560. The van der Waals surface area contributed by atoms with Crippen LogP contribution < -0.4 is 15.4 Å². The van der Waals surface area contributed by atoms with Gasteiger partial charge < -0.3 is 25.2 Å². The van der Waals surface area contributed by atoms with Gasteiger partial charge in [0.1, 0.15) is 17.9 Å². The minimum absolute atomic E-state index is 0. The first-order chi connectivity index (χ1) is 23.3. The molecule has 4 aliphatic heterocycles. The molecule has 15 heteroatoms. The molecule has 1 aromatic heterocycles. The van der Waals surface area contributed by atoms with Crippen LogP contribution in [-0.4, -0.2) is 120 Å². The number of rotatable bonds is 10. The highest BCUT2D eigenvalue weighted by molar-refractivity contribution is 7.86. The molecule has 0 saturated carbocycles. The summed E-state index contributed by atoms with van der Waals surface area (Å²) in [4.78, 5) is 28.8. The summed E-state index contributed by atoms with van der Waals surface area (Å²) < 4.78 is 50.3. The number of aromatic nitrogens is 2. The molecule has 50 heavy (non-hydrogen) atoms. The molecule has 1 aromatic carbocycles. The minimum Gasteiger partial charge on any atom is -0.451 e. The summed E-state index contributed by atoms with van der Waals surface area (Å²) in [6, 6.07) is 4.01. The predicted molar refractivity (Wildman–Crippen MR) is 195 cm³/mol. The van der Waals surface area contributed by atoms with E-state index in [1.54, 1.807) is 19.7 Å². The van der Waals surface area contributed by atoms with Gasteiger partial charge in [-0.25, -0.2) is 14.4 Å². The molecule has 4 aliphatic rings. The smallest absolute Gasteiger partial charge is 0.281 e. The maximum Gasteiger partial charge on any atom is 0.281 e. The van der Waals surface area contributed by atoms with Crippen molar-refractivity contribution in [3.05, 3.63) is 42.1 Å². The second-order valence-corrected chi connectivity index (χ2v) is 17.0. The SMILES string of the molecule is CC(C)N(C(=O)c1cc(F)ccc1Oc1cncnc1N1CC2(CCN(CC3CCN(S(=O)(=O)N4CCC(N)CC4)CC3)CC2)C1)C(C)C.Cl. The highest BCUT2D eigenvalue weighted by Gasteiger charge is 2.46. The van der Waals surface area contributed by atoms with Crippen molar-refractivity contribution in [2.45, 2.75) is 84.3 Å². The number of likely N-dealkylation sites (tertiary alicyclic amines) is 1. The third-order valence-electron chi connectivity index (χ3n) is 10.9. The van der Waals surface area contributed by atoms with Crippen molar-refractivity contribution in [3.8, 4) is 11.5 Å². The summed E-state index contributed by atoms with van der Waals surface area (Å²) in [5.41, 5.74) is 6.36. The lowest BCUT2D eigenvalue weighted by atomic mass is 9.72. The van der Waals surface area contributed by atoms with Crippen molar-refractivity contribution in [2.75, 3.05) is 63.8 Å². The van der Waals surface area contributed by atoms with Crippen LogP contribution in [0.25, 0.3) is 0 Å². The number of carbonyl (C=O) groups is 1. The number of halogens is 2. The van der Waals surface area contributed by atoms with Crippen LogP contribution in [0, 0.1) is 17.2 Å². The number of ether oxygens (including phenoxy) is 1. The zero-order valence-corrected chi connectivity index (χ0v) is 31.5. The number of carbonyl (C=O) groups excluding carboxylic acids is 1. The van der Waals surface area contributed by atoms with E-state index in [1.807, 2.05) is 27.7 Å². The molecule has 0 bridgehead atoms. The summed E-state index contributed by atoms with van der Waals surface area (Å²) in [6.45, 7) is 14.8. The Kier molecular flexibility index (Phi) is 12.3. The third kappa shape index (κ3) is 8.36. The van der Waals surface area contributed by atoms with Crippen LogP contribution in [0.2, 0.25) is 0 Å². The van der Waals surface area contributed by atoms with E-state index in [0.717, 1.165) is 71.2 Å². The van der Waals surface area contributed by atoms with Gasteiger partial charge in [0.15, 0.2) is 11.6 Å². The Morgan fingerprint density at radius 1 is 0.980 bits per heavy atom. The van der Waals surface area contributed by atoms with Gasteiger partial charge >= 0.3 is 0 Å². The Labute approximate surface area is 303 Å². The Balaban J connectivity index is 0.00000486. The molecule has 0 radical (unpaired) electrons. The normalized spacial score (nSPS) is 21.3. The van der Waals surface area contributed by atoms with Crippen molar-refractivity contribution in [3.63, 3.8) is 0 Å². The van der Waals surface area contributed by atoms with E-state index in [4.69, 9.17) is 10.5 Å². The second kappa shape index (κ2) is 16.0. The van der Waals surface area contributed by atoms with Crippen molar-refractivity contribution < 1.29 is 22.3 Å². The lowest BCUT2D eigenvalue weighted by Crippen LogP contribution is -2.61. The lowest BCUT2D eigenvalue weighted by Gasteiger charge is -2.54. The zero-order chi connectivity index (χ0) is 34.9. The summed E-state index contributed by atoms with van der Waals surface area (Å²) in [6.07, 6.45) is 8.54. The molecule has 278 valence electrons. The average Bonchev–Trinajstić information content (AvgIpc) is 3.05. The molecule has 2 aromatic rings. The number of hydrogen-bond acceptors (Lipinski definition) is 9. The van der Waals surface area contributed by atoms with E-state index in [-0.39, 0.29) is 53.2 Å². The van der Waals surface area contributed by atoms with Crippen molar-refractivity contribution in [1.29, 1.82) is 0 Å². The highest BCUT2D eigenvalue weighted by atomic mass is 35.5. The van der Waals surface area contributed by atoms with E-state index < -0.39 is 16.0 Å². The molecule has 0 unspecified atom stereocenters. The molecule has 1 amide bonds. The minimum atomic E-state index is -3.40. The van der Waals surface area contributed by atoms with Crippen molar-refractivity contribution in [1.82, 2.24) is 28.4 Å². The number of piperidine rings is 3. The van der Waals surface area contributed by atoms with Crippen molar-refractivity contribution >= 4 is 34.3 Å². The van der Waals surface area contributed by atoms with E-state index >= 15 is 0 Å². The van der Waals surface area contributed by atoms with Gasteiger partial charge in [0.2, 0.25) is 0 Å². The predicted octanol–water partition coefficient (Wildman–Crippen LogP) is 4.37. The fraction of sp³-hybridized carbons (Fsp3) is 0.686. The molecule has 1 spiro atoms. The lowest BCUT2D eigenvalue weighted by molar-refractivity contribution is 0.0607. The molecule has 4 saturated heterocycles.